The number of aryl methyl sites for hydroxylation is 1. The summed E-state index contributed by atoms with van der Waals surface area (Å²) in [4.78, 5) is 19.7. The van der Waals surface area contributed by atoms with Crippen LogP contribution in [0.1, 0.15) is 34.9 Å². The zero-order valence-electron chi connectivity index (χ0n) is 15.2. The molecule has 0 aliphatic carbocycles. The Kier molecular flexibility index (Phi) is 4.44. The maximum Gasteiger partial charge on any atom is 0.306 e. The van der Waals surface area contributed by atoms with E-state index in [1.807, 2.05) is 31.2 Å². The number of nitrogens with zero attached hydrogens (tertiary/aromatic N) is 3. The minimum Gasteiger partial charge on any atom is -0.481 e. The number of benzene rings is 1. The van der Waals surface area contributed by atoms with E-state index in [1.54, 1.807) is 11.3 Å². The van der Waals surface area contributed by atoms with Crippen LogP contribution >= 0.6 is 22.9 Å². The van der Waals surface area contributed by atoms with Crippen LogP contribution in [-0.2, 0) is 4.79 Å². The van der Waals surface area contributed by atoms with Gasteiger partial charge >= 0.3 is 5.97 Å². The largest absolute Gasteiger partial charge is 0.481 e. The van der Waals surface area contributed by atoms with E-state index in [2.05, 4.69) is 29.3 Å². The summed E-state index contributed by atoms with van der Waals surface area (Å²) in [6, 6.07) is 6.94. The van der Waals surface area contributed by atoms with Crippen LogP contribution in [0.3, 0.4) is 0 Å². The summed E-state index contributed by atoms with van der Waals surface area (Å²) in [5.41, 5.74) is 6.96. The molecule has 2 N–H and O–H groups in total. The minimum atomic E-state index is -0.903. The Morgan fingerprint density at radius 3 is 2.70 bits per heavy atom. The second kappa shape index (κ2) is 6.65. The van der Waals surface area contributed by atoms with Crippen molar-refractivity contribution in [3.8, 4) is 0 Å². The van der Waals surface area contributed by atoms with E-state index in [0.717, 1.165) is 27.4 Å². The van der Waals surface area contributed by atoms with Gasteiger partial charge in [-0.1, -0.05) is 23.7 Å². The van der Waals surface area contributed by atoms with E-state index in [-0.39, 0.29) is 12.6 Å². The fourth-order valence-electron chi connectivity index (χ4n) is 3.45. The first-order chi connectivity index (χ1) is 12.9. The van der Waals surface area contributed by atoms with Gasteiger partial charge in [-0.3, -0.25) is 20.1 Å². The minimum absolute atomic E-state index is 0.0627. The molecule has 3 heterocycles. The van der Waals surface area contributed by atoms with Gasteiger partial charge in [-0.15, -0.1) is 11.3 Å². The first-order valence-electron chi connectivity index (χ1n) is 8.65. The van der Waals surface area contributed by atoms with Crippen LogP contribution in [0.4, 0.5) is 5.00 Å². The van der Waals surface area contributed by atoms with Crippen molar-refractivity contribution in [1.82, 2.24) is 5.43 Å². The molecular weight excluding hydrogens is 384 g/mol. The molecule has 1 unspecified atom stereocenters. The van der Waals surface area contributed by atoms with Crippen molar-refractivity contribution in [2.45, 2.75) is 39.4 Å². The van der Waals surface area contributed by atoms with Gasteiger partial charge < -0.3 is 5.11 Å². The molecule has 0 amide bonds. The Morgan fingerprint density at radius 1 is 1.33 bits per heavy atom. The molecule has 2 aliphatic rings. The number of aliphatic carboxylic acids is 1. The molecule has 4 rings (SSSR count). The first kappa shape index (κ1) is 18.0. The Bertz CT molecular complexity index is 980. The number of carboxylic acid groups (broad SMARTS) is 1. The Balaban J connectivity index is 1.98. The van der Waals surface area contributed by atoms with Gasteiger partial charge in [0.2, 0.25) is 0 Å². The van der Waals surface area contributed by atoms with E-state index >= 15 is 0 Å². The number of aliphatic imine (C=N–C) groups is 1. The van der Waals surface area contributed by atoms with Crippen LogP contribution < -0.4 is 10.3 Å². The zero-order valence-corrected chi connectivity index (χ0v) is 16.7. The van der Waals surface area contributed by atoms with Crippen molar-refractivity contribution in [1.29, 1.82) is 0 Å². The third kappa shape index (κ3) is 3.00. The fourth-order valence-corrected chi connectivity index (χ4v) is 4.82. The summed E-state index contributed by atoms with van der Waals surface area (Å²) >= 11 is 7.75. The lowest BCUT2D eigenvalue weighted by Gasteiger charge is -2.24. The number of rotatable bonds is 3. The normalized spacial score (nSPS) is 21.0. The molecule has 8 heteroatoms. The number of anilines is 1. The summed E-state index contributed by atoms with van der Waals surface area (Å²) in [6.07, 6.45) is -0.180. The lowest BCUT2D eigenvalue weighted by atomic mass is 9.99. The van der Waals surface area contributed by atoms with Gasteiger partial charge in [0.25, 0.3) is 0 Å². The molecular formula is C19H19ClN4O2S. The van der Waals surface area contributed by atoms with Crippen molar-refractivity contribution in [2.24, 2.45) is 10.1 Å². The highest BCUT2D eigenvalue weighted by molar-refractivity contribution is 7.17. The Hall–Kier alpha value is -2.38. The van der Waals surface area contributed by atoms with Crippen LogP contribution in [0.15, 0.2) is 34.4 Å². The Morgan fingerprint density at radius 2 is 2.04 bits per heavy atom. The molecule has 2 aromatic rings. The third-order valence-corrected chi connectivity index (χ3v) is 6.35. The maximum absolute atomic E-state index is 11.5. The average molecular weight is 403 g/mol. The zero-order chi connectivity index (χ0) is 19.3. The summed E-state index contributed by atoms with van der Waals surface area (Å²) < 4.78 is 0. The molecule has 1 aromatic heterocycles. The molecule has 27 heavy (non-hydrogen) atoms. The SMILES string of the molecule is Cc1sc2c(c1C)C(c1ccc(Cl)cc1)=N[C@@H](CC(=O)O)C1=NNC(C)N12. The van der Waals surface area contributed by atoms with E-state index in [4.69, 9.17) is 16.6 Å². The standard InChI is InChI=1S/C19H19ClN4O2S/c1-9-10(2)27-19-16(9)17(12-4-6-13(20)7-5-12)21-14(8-15(25)26)18-23-22-11(3)24(18)19/h4-7,11,14,22H,8H2,1-3H3,(H,25,26)/t11?,14-/m0/s1. The molecule has 1 aromatic carbocycles. The molecule has 0 spiro atoms. The van der Waals surface area contributed by atoms with Gasteiger partial charge in [-0.25, -0.2) is 0 Å². The number of hydrogen-bond acceptors (Lipinski definition) is 6. The lowest BCUT2D eigenvalue weighted by molar-refractivity contribution is -0.137. The quantitative estimate of drug-likeness (QED) is 0.818. The van der Waals surface area contributed by atoms with E-state index in [0.29, 0.717) is 10.9 Å². The van der Waals surface area contributed by atoms with Crippen molar-refractivity contribution in [3.05, 3.63) is 50.9 Å². The number of nitrogens with one attached hydrogen (secondary N) is 1. The molecule has 2 aliphatic heterocycles. The van der Waals surface area contributed by atoms with Gasteiger partial charge in [0.15, 0.2) is 5.84 Å². The number of fused-ring (bicyclic) bond motifs is 3. The molecule has 140 valence electrons. The summed E-state index contributed by atoms with van der Waals surface area (Å²) in [5.74, 6) is -0.254. The van der Waals surface area contributed by atoms with Crippen LogP contribution in [0, 0.1) is 13.8 Å². The number of carbonyl (C=O) groups is 1. The van der Waals surface area contributed by atoms with Crippen molar-refractivity contribution < 1.29 is 9.90 Å². The van der Waals surface area contributed by atoms with Gasteiger partial charge in [0, 0.05) is 21.0 Å². The fraction of sp³-hybridized carbons (Fsp3) is 0.316. The second-order valence-corrected chi connectivity index (χ2v) is 8.35. The number of hydrogen-bond donors (Lipinski definition) is 2. The van der Waals surface area contributed by atoms with Crippen LogP contribution in [0.5, 0.6) is 0 Å². The molecule has 0 saturated heterocycles. The second-order valence-electron chi connectivity index (χ2n) is 6.71. The topological polar surface area (TPSA) is 77.3 Å². The van der Waals surface area contributed by atoms with Crippen LogP contribution in [-0.4, -0.2) is 34.8 Å². The predicted molar refractivity (Wildman–Crippen MR) is 109 cm³/mol. The van der Waals surface area contributed by atoms with E-state index < -0.39 is 12.0 Å². The monoisotopic (exact) mass is 402 g/mol. The van der Waals surface area contributed by atoms with Crippen molar-refractivity contribution in [3.63, 3.8) is 0 Å². The molecule has 0 saturated carbocycles. The summed E-state index contributed by atoms with van der Waals surface area (Å²) in [7, 11) is 0. The molecule has 0 bridgehead atoms. The predicted octanol–water partition coefficient (Wildman–Crippen LogP) is 3.78. The van der Waals surface area contributed by atoms with Gasteiger partial charge in [-0.2, -0.15) is 5.10 Å². The number of halogens is 1. The maximum atomic E-state index is 11.5. The molecule has 0 radical (unpaired) electrons. The highest BCUT2D eigenvalue weighted by Gasteiger charge is 2.39. The Labute approximate surface area is 166 Å². The number of carboxylic acids is 1. The number of thiophene rings is 1. The summed E-state index contributed by atoms with van der Waals surface area (Å²) in [6.45, 7) is 6.18. The smallest absolute Gasteiger partial charge is 0.306 e. The van der Waals surface area contributed by atoms with Gasteiger partial charge in [0.1, 0.15) is 17.2 Å². The van der Waals surface area contributed by atoms with E-state index in [1.165, 1.54) is 4.88 Å². The highest BCUT2D eigenvalue weighted by atomic mass is 35.5. The first-order valence-corrected chi connectivity index (χ1v) is 9.84. The lowest BCUT2D eigenvalue weighted by Crippen LogP contribution is -2.41. The third-order valence-electron chi connectivity index (χ3n) is 4.89. The molecule has 2 atom stereocenters. The number of hydrazone groups is 1. The van der Waals surface area contributed by atoms with E-state index in [9.17, 15) is 9.90 Å². The van der Waals surface area contributed by atoms with Gasteiger partial charge in [0.05, 0.1) is 12.1 Å². The molecule has 6 nitrogen and oxygen atoms in total. The highest BCUT2D eigenvalue weighted by Crippen LogP contribution is 2.41. The molecule has 0 fully saturated rings. The van der Waals surface area contributed by atoms with Crippen LogP contribution in [0.25, 0.3) is 0 Å². The van der Waals surface area contributed by atoms with Gasteiger partial charge in [-0.05, 0) is 38.5 Å². The van der Waals surface area contributed by atoms with Crippen LogP contribution in [0.2, 0.25) is 5.02 Å². The number of amidine groups is 1. The van der Waals surface area contributed by atoms with Crippen molar-refractivity contribution >= 4 is 45.5 Å². The average Bonchev–Trinajstić information content (AvgIpc) is 3.08. The van der Waals surface area contributed by atoms with Crippen molar-refractivity contribution in [2.75, 3.05) is 4.90 Å². The summed E-state index contributed by atoms with van der Waals surface area (Å²) in [5, 5.41) is 15.5.